The summed E-state index contributed by atoms with van der Waals surface area (Å²) in [7, 11) is 0. The smallest absolute Gasteiger partial charge is 0.345 e. The van der Waals surface area contributed by atoms with Crippen molar-refractivity contribution in [2.45, 2.75) is 6.92 Å². The van der Waals surface area contributed by atoms with Gasteiger partial charge in [-0.25, -0.2) is 9.78 Å². The maximum Gasteiger partial charge on any atom is 0.345 e. The molecule has 0 atom stereocenters. The minimum atomic E-state index is -0.482. The number of nitrogens with zero attached hydrogens (tertiary/aromatic N) is 1. The summed E-state index contributed by atoms with van der Waals surface area (Å²) >= 11 is 2.13. The van der Waals surface area contributed by atoms with Crippen LogP contribution < -0.4 is 10.9 Å². The fourth-order valence-electron chi connectivity index (χ4n) is 2.02. The average molecular weight is 360 g/mol. The Morgan fingerprint density at radius 3 is 2.92 bits per heavy atom. The first-order valence-electron chi connectivity index (χ1n) is 6.95. The molecule has 8 heteroatoms. The molecule has 0 unspecified atom stereocenters. The molecule has 2 aromatic heterocycles. The first-order valence-corrected chi connectivity index (χ1v) is 8.81. The van der Waals surface area contributed by atoms with Crippen LogP contribution in [0.5, 0.6) is 0 Å². The maximum absolute atomic E-state index is 12.1. The Morgan fingerprint density at radius 1 is 1.33 bits per heavy atom. The molecule has 1 aromatic carbocycles. The number of hydrogen-bond donors (Lipinski definition) is 1. The molecule has 24 heavy (non-hydrogen) atoms. The molecule has 0 aliphatic carbocycles. The van der Waals surface area contributed by atoms with E-state index in [4.69, 9.17) is 4.42 Å². The molecule has 6 nitrogen and oxygen atoms in total. The zero-order valence-corrected chi connectivity index (χ0v) is 14.2. The topological polar surface area (TPSA) is 89.3 Å². The highest BCUT2D eigenvalue weighted by Gasteiger charge is 2.13. The van der Waals surface area contributed by atoms with Crippen molar-refractivity contribution in [2.75, 3.05) is 11.1 Å². The molecule has 122 valence electrons. The Kier molecular flexibility index (Phi) is 4.77. The van der Waals surface area contributed by atoms with E-state index < -0.39 is 5.63 Å². The number of fused-ring (bicyclic) bond motifs is 1. The fourth-order valence-corrected chi connectivity index (χ4v) is 3.15. The Morgan fingerprint density at radius 2 is 2.12 bits per heavy atom. The third kappa shape index (κ3) is 3.72. The van der Waals surface area contributed by atoms with Crippen LogP contribution >= 0.6 is 23.1 Å². The highest BCUT2D eigenvalue weighted by atomic mass is 32.2. The molecule has 0 fully saturated rings. The summed E-state index contributed by atoms with van der Waals surface area (Å²) in [4.78, 5) is 38.9. The zero-order valence-electron chi connectivity index (χ0n) is 12.6. The van der Waals surface area contributed by atoms with E-state index >= 15 is 0 Å². The zero-order chi connectivity index (χ0) is 17.1. The second-order valence-electron chi connectivity index (χ2n) is 4.85. The van der Waals surface area contributed by atoms with Gasteiger partial charge in [0, 0.05) is 17.7 Å². The van der Waals surface area contributed by atoms with Gasteiger partial charge < -0.3 is 9.73 Å². The van der Waals surface area contributed by atoms with Crippen LogP contribution in [0.15, 0.2) is 44.9 Å². The second-order valence-corrected chi connectivity index (χ2v) is 6.86. The van der Waals surface area contributed by atoms with Crippen molar-refractivity contribution < 1.29 is 14.0 Å². The van der Waals surface area contributed by atoms with E-state index in [-0.39, 0.29) is 16.8 Å². The van der Waals surface area contributed by atoms with Crippen LogP contribution in [0.1, 0.15) is 6.92 Å². The van der Waals surface area contributed by atoms with Gasteiger partial charge in [-0.1, -0.05) is 30.0 Å². The summed E-state index contributed by atoms with van der Waals surface area (Å²) in [5, 5.41) is 5.32. The summed E-state index contributed by atoms with van der Waals surface area (Å²) in [5.41, 5.74) is 0.804. The molecular formula is C16H12N2O4S2. The number of carbonyl (C=O) groups is 2. The number of thiazole rings is 1. The van der Waals surface area contributed by atoms with E-state index in [0.29, 0.717) is 22.0 Å². The normalized spacial score (nSPS) is 10.7. The molecule has 2 heterocycles. The summed E-state index contributed by atoms with van der Waals surface area (Å²) in [6.07, 6.45) is 0. The van der Waals surface area contributed by atoms with Gasteiger partial charge in [-0.3, -0.25) is 9.59 Å². The van der Waals surface area contributed by atoms with Gasteiger partial charge in [-0.15, -0.1) is 11.3 Å². The second kappa shape index (κ2) is 6.98. The lowest BCUT2D eigenvalue weighted by Gasteiger charge is -2.00. The monoisotopic (exact) mass is 360 g/mol. The molecule has 1 N–H and O–H groups in total. The Labute approximate surface area is 144 Å². The molecule has 0 aliphatic heterocycles. The Balaban J connectivity index is 1.83. The Bertz CT molecular complexity index is 977. The van der Waals surface area contributed by atoms with Gasteiger partial charge in [0.05, 0.1) is 17.0 Å². The lowest BCUT2D eigenvalue weighted by Crippen LogP contribution is -2.14. The highest BCUT2D eigenvalue weighted by Crippen LogP contribution is 2.25. The predicted molar refractivity (Wildman–Crippen MR) is 95.4 cm³/mol. The van der Waals surface area contributed by atoms with Crippen molar-refractivity contribution in [1.82, 2.24) is 4.98 Å². The quantitative estimate of drug-likeness (QED) is 0.719. The molecule has 0 radical (unpaired) electrons. The first-order chi connectivity index (χ1) is 11.5. The van der Waals surface area contributed by atoms with Crippen LogP contribution in [-0.2, 0) is 9.59 Å². The van der Waals surface area contributed by atoms with Crippen molar-refractivity contribution in [1.29, 1.82) is 0 Å². The van der Waals surface area contributed by atoms with Gasteiger partial charge >= 0.3 is 5.63 Å². The van der Waals surface area contributed by atoms with Gasteiger partial charge in [0.25, 0.3) is 0 Å². The highest BCUT2D eigenvalue weighted by molar-refractivity contribution is 8.14. The SMILES string of the molecule is CC(=O)SCC(=O)Nc1nc(-c2cc3ccccc3oc2=O)cs1. The number of rotatable bonds is 4. The van der Waals surface area contributed by atoms with Crippen LogP contribution in [0.4, 0.5) is 5.13 Å². The van der Waals surface area contributed by atoms with E-state index in [0.717, 1.165) is 17.1 Å². The molecular weight excluding hydrogens is 348 g/mol. The van der Waals surface area contributed by atoms with E-state index in [1.54, 1.807) is 23.6 Å². The molecule has 0 saturated carbocycles. The number of aromatic nitrogens is 1. The lowest BCUT2D eigenvalue weighted by atomic mass is 10.1. The first kappa shape index (κ1) is 16.4. The van der Waals surface area contributed by atoms with Gasteiger partial charge in [0.1, 0.15) is 5.58 Å². The van der Waals surface area contributed by atoms with E-state index in [1.165, 1.54) is 18.3 Å². The molecule has 1 amide bonds. The number of thioether (sulfide) groups is 1. The number of amides is 1. The van der Waals surface area contributed by atoms with Gasteiger partial charge in [0.2, 0.25) is 5.91 Å². The number of para-hydroxylation sites is 1. The largest absolute Gasteiger partial charge is 0.422 e. The number of anilines is 1. The fraction of sp³-hybridized carbons (Fsp3) is 0.125. The van der Waals surface area contributed by atoms with Crippen molar-refractivity contribution in [2.24, 2.45) is 0 Å². The van der Waals surface area contributed by atoms with Crippen LogP contribution in [0.3, 0.4) is 0 Å². The summed E-state index contributed by atoms with van der Waals surface area (Å²) in [6, 6.07) is 8.93. The number of nitrogens with one attached hydrogen (secondary N) is 1. The Hall–Kier alpha value is -2.45. The lowest BCUT2D eigenvalue weighted by molar-refractivity contribution is -0.114. The summed E-state index contributed by atoms with van der Waals surface area (Å²) < 4.78 is 5.28. The van der Waals surface area contributed by atoms with Gasteiger partial charge in [-0.2, -0.15) is 0 Å². The summed E-state index contributed by atoms with van der Waals surface area (Å²) in [6.45, 7) is 1.40. The minimum absolute atomic E-state index is 0.0301. The number of benzene rings is 1. The van der Waals surface area contributed by atoms with Crippen molar-refractivity contribution in [3.8, 4) is 11.3 Å². The van der Waals surface area contributed by atoms with Crippen molar-refractivity contribution in [3.63, 3.8) is 0 Å². The summed E-state index contributed by atoms with van der Waals surface area (Å²) in [5.74, 6) is -0.288. The molecule has 0 saturated heterocycles. The predicted octanol–water partition coefficient (Wildman–Crippen LogP) is 3.13. The molecule has 0 aliphatic rings. The average Bonchev–Trinajstić information content (AvgIpc) is 3.00. The van der Waals surface area contributed by atoms with Gasteiger partial charge in [-0.05, 0) is 12.1 Å². The third-order valence-corrected chi connectivity index (χ3v) is 4.65. The third-order valence-electron chi connectivity index (χ3n) is 3.07. The van der Waals surface area contributed by atoms with Crippen LogP contribution in [0.2, 0.25) is 0 Å². The standard InChI is InChI=1S/C16H12N2O4S2/c1-9(19)23-8-14(20)18-16-17-12(7-24-16)11-6-10-4-2-3-5-13(10)22-15(11)21/h2-7H,8H2,1H3,(H,17,18,20). The van der Waals surface area contributed by atoms with Crippen LogP contribution in [0, 0.1) is 0 Å². The molecule has 0 spiro atoms. The van der Waals surface area contributed by atoms with E-state index in [2.05, 4.69) is 10.3 Å². The van der Waals surface area contributed by atoms with Crippen LogP contribution in [-0.4, -0.2) is 21.8 Å². The maximum atomic E-state index is 12.1. The van der Waals surface area contributed by atoms with Crippen molar-refractivity contribution in [3.05, 3.63) is 46.1 Å². The number of hydrogen-bond acceptors (Lipinski definition) is 7. The minimum Gasteiger partial charge on any atom is -0.422 e. The van der Waals surface area contributed by atoms with E-state index in [9.17, 15) is 14.4 Å². The van der Waals surface area contributed by atoms with Crippen LogP contribution in [0.25, 0.3) is 22.2 Å². The van der Waals surface area contributed by atoms with Gasteiger partial charge in [0.15, 0.2) is 10.2 Å². The molecule has 0 bridgehead atoms. The van der Waals surface area contributed by atoms with E-state index in [1.807, 2.05) is 12.1 Å². The number of carbonyl (C=O) groups excluding carboxylic acids is 2. The molecule has 3 rings (SSSR count). The van der Waals surface area contributed by atoms with Crippen molar-refractivity contribution >= 4 is 50.2 Å². The molecule has 3 aromatic rings.